The Kier molecular flexibility index (Phi) is 6.16. The van der Waals surface area contributed by atoms with Crippen molar-refractivity contribution in [1.82, 2.24) is 4.72 Å². The van der Waals surface area contributed by atoms with Gasteiger partial charge in [-0.2, -0.15) is 0 Å². The van der Waals surface area contributed by atoms with Gasteiger partial charge in [-0.05, 0) is 31.5 Å². The zero-order valence-electron chi connectivity index (χ0n) is 13.8. The minimum absolute atomic E-state index is 0.112. The molecule has 126 valence electrons. The first-order chi connectivity index (χ1) is 11.4. The first-order valence-electron chi connectivity index (χ1n) is 7.60. The number of ether oxygens (including phenoxy) is 1. The maximum Gasteiger partial charge on any atom is 0.240 e. The molecule has 1 atom stereocenters. The Morgan fingerprint density at radius 1 is 1.04 bits per heavy atom. The Bertz CT molecular complexity index is 803. The molecule has 0 aliphatic carbocycles. The number of terminal acetylenes is 1. The summed E-state index contributed by atoms with van der Waals surface area (Å²) >= 11 is 0. The van der Waals surface area contributed by atoms with Crippen LogP contribution in [0.2, 0.25) is 0 Å². The van der Waals surface area contributed by atoms with Crippen LogP contribution in [0.15, 0.2) is 53.4 Å². The molecule has 0 bridgehead atoms. The average molecular weight is 343 g/mol. The molecule has 2 aromatic rings. The molecular weight excluding hydrogens is 322 g/mol. The molecule has 0 aliphatic heterocycles. The van der Waals surface area contributed by atoms with Crippen LogP contribution in [-0.2, 0) is 14.8 Å². The fourth-order valence-corrected chi connectivity index (χ4v) is 3.22. The predicted octanol–water partition coefficient (Wildman–Crippen LogP) is 2.97. The fourth-order valence-electron chi connectivity index (χ4n) is 2.19. The molecule has 2 aromatic carbocycles. The lowest BCUT2D eigenvalue weighted by atomic mass is 10.1. The molecule has 2 rings (SSSR count). The molecule has 1 unspecified atom stereocenters. The average Bonchev–Trinajstić information content (AvgIpc) is 2.56. The summed E-state index contributed by atoms with van der Waals surface area (Å²) in [7, 11) is -3.59. The zero-order valence-corrected chi connectivity index (χ0v) is 14.6. The van der Waals surface area contributed by atoms with Gasteiger partial charge in [0.05, 0.1) is 11.0 Å². The molecule has 0 amide bonds. The van der Waals surface area contributed by atoms with Crippen LogP contribution in [0.4, 0.5) is 0 Å². The highest BCUT2D eigenvalue weighted by atomic mass is 32.2. The van der Waals surface area contributed by atoms with Crippen LogP contribution in [0, 0.1) is 26.2 Å². The van der Waals surface area contributed by atoms with Crippen molar-refractivity contribution in [2.24, 2.45) is 0 Å². The molecule has 0 radical (unpaired) electrons. The van der Waals surface area contributed by atoms with Crippen molar-refractivity contribution in [3.05, 3.63) is 65.2 Å². The predicted molar refractivity (Wildman–Crippen MR) is 95.1 cm³/mol. The highest BCUT2D eigenvalue weighted by Crippen LogP contribution is 2.18. The summed E-state index contributed by atoms with van der Waals surface area (Å²) in [5.74, 6) is 2.41. The van der Waals surface area contributed by atoms with Gasteiger partial charge < -0.3 is 4.74 Å². The van der Waals surface area contributed by atoms with Gasteiger partial charge in [-0.15, -0.1) is 6.42 Å². The van der Waals surface area contributed by atoms with Gasteiger partial charge >= 0.3 is 0 Å². The van der Waals surface area contributed by atoms with Crippen LogP contribution < -0.4 is 4.72 Å². The van der Waals surface area contributed by atoms with Crippen molar-refractivity contribution < 1.29 is 13.2 Å². The number of hydrogen-bond donors (Lipinski definition) is 1. The molecule has 0 heterocycles. The maximum absolute atomic E-state index is 12.4. The van der Waals surface area contributed by atoms with E-state index in [1.165, 1.54) is 0 Å². The normalized spacial score (nSPS) is 12.5. The number of benzene rings is 2. The minimum Gasteiger partial charge on any atom is -0.359 e. The molecule has 0 aromatic heterocycles. The Labute approximate surface area is 143 Å². The molecule has 0 aliphatic rings. The summed E-state index contributed by atoms with van der Waals surface area (Å²) in [6, 6.07) is 14.4. The highest BCUT2D eigenvalue weighted by molar-refractivity contribution is 7.89. The Morgan fingerprint density at radius 3 is 2.12 bits per heavy atom. The Morgan fingerprint density at radius 2 is 1.58 bits per heavy atom. The second-order valence-electron chi connectivity index (χ2n) is 5.58. The molecule has 0 saturated carbocycles. The van der Waals surface area contributed by atoms with Gasteiger partial charge in [-0.25, -0.2) is 13.1 Å². The second-order valence-corrected chi connectivity index (χ2v) is 7.35. The van der Waals surface area contributed by atoms with Gasteiger partial charge in [0.2, 0.25) is 10.0 Å². The van der Waals surface area contributed by atoms with E-state index in [-0.39, 0.29) is 18.0 Å². The maximum atomic E-state index is 12.4. The molecule has 24 heavy (non-hydrogen) atoms. The van der Waals surface area contributed by atoms with Gasteiger partial charge in [0.1, 0.15) is 6.61 Å². The van der Waals surface area contributed by atoms with E-state index in [4.69, 9.17) is 11.2 Å². The quantitative estimate of drug-likeness (QED) is 0.787. The largest absolute Gasteiger partial charge is 0.359 e. The molecule has 1 N–H and O–H groups in total. The number of rotatable bonds is 7. The standard InChI is InChI=1S/C19H21NO3S/c1-4-13-23-19(17-9-5-15(2)6-10-17)14-20-24(21,22)18-11-7-16(3)8-12-18/h1,5-12,19-20H,13-14H2,2-3H3. The fraction of sp³-hybridized carbons (Fsp3) is 0.263. The van der Waals surface area contributed by atoms with Crippen molar-refractivity contribution in [2.75, 3.05) is 13.2 Å². The van der Waals surface area contributed by atoms with Crippen LogP contribution in [-0.4, -0.2) is 21.6 Å². The highest BCUT2D eigenvalue weighted by Gasteiger charge is 2.18. The summed E-state index contributed by atoms with van der Waals surface area (Å²) in [6.45, 7) is 4.12. The number of aryl methyl sites for hydroxylation is 2. The van der Waals surface area contributed by atoms with Gasteiger partial charge in [0.25, 0.3) is 0 Å². The molecule has 5 heteroatoms. The van der Waals surface area contributed by atoms with Crippen LogP contribution in [0.1, 0.15) is 22.8 Å². The SMILES string of the molecule is C#CCOC(CNS(=O)(=O)c1ccc(C)cc1)c1ccc(C)cc1. The van der Waals surface area contributed by atoms with E-state index >= 15 is 0 Å². The van der Waals surface area contributed by atoms with E-state index in [0.717, 1.165) is 16.7 Å². The van der Waals surface area contributed by atoms with Crippen molar-refractivity contribution in [2.45, 2.75) is 24.8 Å². The molecular formula is C19H21NO3S. The topological polar surface area (TPSA) is 55.4 Å². The monoisotopic (exact) mass is 343 g/mol. The Balaban J connectivity index is 2.13. The van der Waals surface area contributed by atoms with Crippen molar-refractivity contribution in [3.63, 3.8) is 0 Å². The second kappa shape index (κ2) is 8.11. The minimum atomic E-state index is -3.59. The third kappa shape index (κ3) is 4.93. The lowest BCUT2D eigenvalue weighted by Crippen LogP contribution is -2.29. The van der Waals surface area contributed by atoms with Crippen molar-refractivity contribution in [3.8, 4) is 12.3 Å². The first kappa shape index (κ1) is 18.2. The summed E-state index contributed by atoms with van der Waals surface area (Å²) in [4.78, 5) is 0.229. The van der Waals surface area contributed by atoms with E-state index in [1.807, 2.05) is 38.1 Å². The smallest absolute Gasteiger partial charge is 0.240 e. The third-order valence-corrected chi connectivity index (χ3v) is 5.05. The van der Waals surface area contributed by atoms with Gasteiger partial charge in [0.15, 0.2) is 0 Å². The molecule has 0 saturated heterocycles. The summed E-state index contributed by atoms with van der Waals surface area (Å²) in [5.41, 5.74) is 3.00. The van der Waals surface area contributed by atoms with Crippen LogP contribution >= 0.6 is 0 Å². The third-order valence-electron chi connectivity index (χ3n) is 3.61. The van der Waals surface area contributed by atoms with E-state index in [2.05, 4.69) is 10.6 Å². The van der Waals surface area contributed by atoms with Crippen LogP contribution in [0.25, 0.3) is 0 Å². The molecule has 4 nitrogen and oxygen atoms in total. The van der Waals surface area contributed by atoms with Crippen LogP contribution in [0.5, 0.6) is 0 Å². The van der Waals surface area contributed by atoms with Gasteiger partial charge in [0, 0.05) is 6.54 Å². The first-order valence-corrected chi connectivity index (χ1v) is 9.08. The number of hydrogen-bond acceptors (Lipinski definition) is 3. The lowest BCUT2D eigenvalue weighted by molar-refractivity contribution is 0.0817. The summed E-state index contributed by atoms with van der Waals surface area (Å²) < 4.78 is 33.0. The summed E-state index contributed by atoms with van der Waals surface area (Å²) in [5, 5.41) is 0. The van der Waals surface area contributed by atoms with Gasteiger partial charge in [-0.1, -0.05) is 53.4 Å². The van der Waals surface area contributed by atoms with Crippen molar-refractivity contribution in [1.29, 1.82) is 0 Å². The lowest BCUT2D eigenvalue weighted by Gasteiger charge is -2.18. The van der Waals surface area contributed by atoms with Gasteiger partial charge in [-0.3, -0.25) is 0 Å². The molecule has 0 spiro atoms. The zero-order chi connectivity index (χ0) is 17.6. The van der Waals surface area contributed by atoms with E-state index in [1.54, 1.807) is 24.3 Å². The number of nitrogens with one attached hydrogen (secondary N) is 1. The Hall–Kier alpha value is -2.13. The van der Waals surface area contributed by atoms with E-state index < -0.39 is 16.1 Å². The van der Waals surface area contributed by atoms with E-state index in [0.29, 0.717) is 0 Å². The molecule has 0 fully saturated rings. The van der Waals surface area contributed by atoms with Crippen molar-refractivity contribution >= 4 is 10.0 Å². The summed E-state index contributed by atoms with van der Waals surface area (Å²) in [6.07, 6.45) is 4.81. The number of sulfonamides is 1. The van der Waals surface area contributed by atoms with Crippen LogP contribution in [0.3, 0.4) is 0 Å². The van der Waals surface area contributed by atoms with E-state index in [9.17, 15) is 8.42 Å².